The van der Waals surface area contributed by atoms with Gasteiger partial charge in [0.1, 0.15) is 5.76 Å². The molecule has 1 aromatic heterocycles. The van der Waals surface area contributed by atoms with Crippen LogP contribution in [0.4, 0.5) is 0 Å². The summed E-state index contributed by atoms with van der Waals surface area (Å²) in [5, 5.41) is 19.5. The van der Waals surface area contributed by atoms with Crippen molar-refractivity contribution in [1.82, 2.24) is 4.98 Å². The third-order valence-electron chi connectivity index (χ3n) is 3.50. The number of benzene rings is 1. The maximum atomic E-state index is 10.2. The van der Waals surface area contributed by atoms with E-state index in [2.05, 4.69) is 11.1 Å². The van der Waals surface area contributed by atoms with Crippen LogP contribution in [0.15, 0.2) is 65.7 Å². The van der Waals surface area contributed by atoms with E-state index in [4.69, 9.17) is 21.6 Å². The van der Waals surface area contributed by atoms with E-state index in [0.29, 0.717) is 23.0 Å². The molecule has 1 atom stereocenters. The number of halogens is 1. The molecule has 0 radical (unpaired) electrons. The summed E-state index contributed by atoms with van der Waals surface area (Å²) in [5.74, 6) is 0.547. The van der Waals surface area contributed by atoms with Crippen molar-refractivity contribution in [2.24, 2.45) is 5.92 Å². The lowest BCUT2D eigenvalue weighted by atomic mass is 10.0. The fraction of sp³-hybridized carbons (Fsp3) is 0.111. The topological polar surface area (TPSA) is 66.1 Å². The van der Waals surface area contributed by atoms with E-state index in [-0.39, 0.29) is 11.7 Å². The highest BCUT2D eigenvalue weighted by atomic mass is 35.5. The van der Waals surface area contributed by atoms with Gasteiger partial charge in [-0.3, -0.25) is 4.98 Å². The Morgan fingerprint density at radius 2 is 2.00 bits per heavy atom. The summed E-state index contributed by atoms with van der Waals surface area (Å²) in [7, 11) is 0. The lowest BCUT2D eigenvalue weighted by molar-refractivity contribution is 0.387. The van der Waals surface area contributed by atoms with Gasteiger partial charge in [0.05, 0.1) is 17.0 Å². The number of ether oxygens (including phenoxy) is 1. The molecular formula is C18H13ClN2O2. The van der Waals surface area contributed by atoms with Crippen molar-refractivity contribution in [2.75, 3.05) is 0 Å². The molecule has 0 aliphatic heterocycles. The Hall–Kier alpha value is -2.77. The maximum absolute atomic E-state index is 10.2. The summed E-state index contributed by atoms with van der Waals surface area (Å²) < 4.78 is 5.67. The van der Waals surface area contributed by atoms with Crippen LogP contribution in [0, 0.1) is 17.2 Å². The summed E-state index contributed by atoms with van der Waals surface area (Å²) in [4.78, 5) is 3.97. The summed E-state index contributed by atoms with van der Waals surface area (Å²) in [6, 6.07) is 11.0. The Kier molecular flexibility index (Phi) is 4.31. The summed E-state index contributed by atoms with van der Waals surface area (Å²) >= 11 is 6.11. The molecule has 2 aromatic rings. The average Bonchev–Trinajstić information content (AvgIpc) is 2.59. The van der Waals surface area contributed by atoms with Gasteiger partial charge in [0, 0.05) is 12.4 Å². The number of hydrogen-bond acceptors (Lipinski definition) is 4. The quantitative estimate of drug-likeness (QED) is 0.909. The van der Waals surface area contributed by atoms with E-state index in [0.717, 1.165) is 11.1 Å². The molecule has 0 amide bonds. The average molecular weight is 325 g/mol. The maximum Gasteiger partial charge on any atom is 0.169 e. The molecule has 0 saturated carbocycles. The van der Waals surface area contributed by atoms with Gasteiger partial charge in [-0.2, -0.15) is 5.26 Å². The van der Waals surface area contributed by atoms with Crippen LogP contribution in [0.2, 0.25) is 0 Å². The fourth-order valence-corrected chi connectivity index (χ4v) is 2.55. The molecule has 0 spiro atoms. The van der Waals surface area contributed by atoms with E-state index in [1.807, 2.05) is 18.2 Å². The lowest BCUT2D eigenvalue weighted by Gasteiger charge is -2.16. The Labute approximate surface area is 138 Å². The second kappa shape index (κ2) is 6.55. The van der Waals surface area contributed by atoms with Crippen molar-refractivity contribution in [1.29, 1.82) is 5.26 Å². The monoisotopic (exact) mass is 324 g/mol. The minimum absolute atomic E-state index is 0.0204. The molecule has 0 fully saturated rings. The SMILES string of the molecule is N#CC1C=C(Cl)C(Oc2ccc(-c3ccncc3)cc2O)=CC1. The van der Waals surface area contributed by atoms with Crippen LogP contribution in [-0.4, -0.2) is 10.1 Å². The lowest BCUT2D eigenvalue weighted by Crippen LogP contribution is -2.04. The van der Waals surface area contributed by atoms with Gasteiger partial charge >= 0.3 is 0 Å². The first-order chi connectivity index (χ1) is 11.2. The normalized spacial score (nSPS) is 17.0. The Morgan fingerprint density at radius 1 is 1.22 bits per heavy atom. The minimum atomic E-state index is -0.238. The first-order valence-corrected chi connectivity index (χ1v) is 7.44. The van der Waals surface area contributed by atoms with E-state index in [9.17, 15) is 5.11 Å². The molecule has 23 heavy (non-hydrogen) atoms. The van der Waals surface area contributed by atoms with Gasteiger partial charge in [0.15, 0.2) is 11.5 Å². The molecule has 4 nitrogen and oxygen atoms in total. The number of phenols is 1. The van der Waals surface area contributed by atoms with Gasteiger partial charge in [0.2, 0.25) is 0 Å². The van der Waals surface area contributed by atoms with Gasteiger partial charge < -0.3 is 9.84 Å². The van der Waals surface area contributed by atoms with Crippen LogP contribution in [-0.2, 0) is 0 Å². The highest BCUT2D eigenvalue weighted by molar-refractivity contribution is 6.31. The van der Waals surface area contributed by atoms with Crippen molar-refractivity contribution in [3.63, 3.8) is 0 Å². The number of hydrogen-bond donors (Lipinski definition) is 1. The molecule has 1 heterocycles. The Morgan fingerprint density at radius 3 is 2.65 bits per heavy atom. The summed E-state index contributed by atoms with van der Waals surface area (Å²) in [5.41, 5.74) is 1.81. The molecule has 1 aliphatic rings. The minimum Gasteiger partial charge on any atom is -0.504 e. The van der Waals surface area contributed by atoms with Crippen LogP contribution in [0.25, 0.3) is 11.1 Å². The number of aromatic nitrogens is 1. The molecule has 5 heteroatoms. The predicted octanol–water partition coefficient (Wildman–Crippen LogP) is 4.38. The van der Waals surface area contributed by atoms with Gasteiger partial charge in [-0.05, 0) is 54.0 Å². The van der Waals surface area contributed by atoms with Crippen molar-refractivity contribution in [3.05, 3.63) is 65.7 Å². The molecule has 1 aromatic carbocycles. The zero-order valence-electron chi connectivity index (χ0n) is 12.1. The Bertz CT molecular complexity index is 823. The standard InChI is InChI=1S/C18H13ClN2O2/c19-15-9-12(11-20)1-3-17(15)23-18-4-2-14(10-16(18)22)13-5-7-21-8-6-13/h2-10,12,22H,1H2. The zero-order chi connectivity index (χ0) is 16.2. The number of phenolic OH excluding ortho intramolecular Hbond substituents is 1. The van der Waals surface area contributed by atoms with Crippen LogP contribution < -0.4 is 4.74 Å². The predicted molar refractivity (Wildman–Crippen MR) is 87.7 cm³/mol. The largest absolute Gasteiger partial charge is 0.504 e. The molecule has 0 bridgehead atoms. The van der Waals surface area contributed by atoms with E-state index < -0.39 is 0 Å². The van der Waals surface area contributed by atoms with Gasteiger partial charge in [-0.1, -0.05) is 17.7 Å². The number of rotatable bonds is 3. The fourth-order valence-electron chi connectivity index (χ4n) is 2.28. The molecular weight excluding hydrogens is 312 g/mol. The second-order valence-corrected chi connectivity index (χ2v) is 5.48. The van der Waals surface area contributed by atoms with Gasteiger partial charge in [-0.15, -0.1) is 0 Å². The summed E-state index contributed by atoms with van der Waals surface area (Å²) in [6.07, 6.45) is 7.34. The van der Waals surface area contributed by atoms with Crippen molar-refractivity contribution >= 4 is 11.6 Å². The molecule has 3 rings (SSSR count). The first-order valence-electron chi connectivity index (χ1n) is 7.06. The highest BCUT2D eigenvalue weighted by Crippen LogP contribution is 2.35. The number of pyridine rings is 1. The third-order valence-corrected chi connectivity index (χ3v) is 3.81. The smallest absolute Gasteiger partial charge is 0.169 e. The van der Waals surface area contributed by atoms with E-state index in [1.54, 1.807) is 36.7 Å². The molecule has 114 valence electrons. The van der Waals surface area contributed by atoms with Crippen LogP contribution in [0.5, 0.6) is 11.5 Å². The van der Waals surface area contributed by atoms with E-state index in [1.165, 1.54) is 0 Å². The van der Waals surface area contributed by atoms with Crippen LogP contribution in [0.3, 0.4) is 0 Å². The molecule has 1 N–H and O–H groups in total. The number of nitriles is 1. The highest BCUT2D eigenvalue weighted by Gasteiger charge is 2.17. The molecule has 1 aliphatic carbocycles. The van der Waals surface area contributed by atoms with Gasteiger partial charge in [-0.25, -0.2) is 0 Å². The van der Waals surface area contributed by atoms with Crippen molar-refractivity contribution < 1.29 is 9.84 Å². The van der Waals surface area contributed by atoms with E-state index >= 15 is 0 Å². The zero-order valence-corrected chi connectivity index (χ0v) is 12.9. The van der Waals surface area contributed by atoms with Gasteiger partial charge in [0.25, 0.3) is 0 Å². The number of allylic oxidation sites excluding steroid dienone is 3. The van der Waals surface area contributed by atoms with Crippen LogP contribution in [0.1, 0.15) is 6.42 Å². The first kappa shape index (κ1) is 15.1. The third kappa shape index (κ3) is 3.36. The van der Waals surface area contributed by atoms with Crippen molar-refractivity contribution in [3.8, 4) is 28.7 Å². The van der Waals surface area contributed by atoms with Crippen LogP contribution >= 0.6 is 11.6 Å². The second-order valence-electron chi connectivity index (χ2n) is 5.07. The number of nitrogens with zero attached hydrogens (tertiary/aromatic N) is 2. The summed E-state index contributed by atoms with van der Waals surface area (Å²) in [6.45, 7) is 0. The number of aromatic hydroxyl groups is 1. The van der Waals surface area contributed by atoms with Crippen molar-refractivity contribution in [2.45, 2.75) is 6.42 Å². The molecule has 1 unspecified atom stereocenters. The molecule has 0 saturated heterocycles. The Balaban J connectivity index is 1.82.